The Hall–Kier alpha value is -0.820. The van der Waals surface area contributed by atoms with Crippen molar-refractivity contribution < 1.29 is 0 Å². The highest BCUT2D eigenvalue weighted by Gasteiger charge is 1.90. The minimum atomic E-state index is 0.837. The van der Waals surface area contributed by atoms with Crippen molar-refractivity contribution in [2.45, 2.75) is 19.9 Å². The van der Waals surface area contributed by atoms with Crippen LogP contribution in [0, 0.1) is 0 Å². The Morgan fingerprint density at radius 2 is 1.64 bits per heavy atom. The summed E-state index contributed by atoms with van der Waals surface area (Å²) in [7, 11) is 1.84. The minimum Gasteiger partial charge on any atom is -0.240 e. The molecule has 1 heteroatoms. The molecule has 59 valence electrons. The Balaban J connectivity index is 2.66. The lowest BCUT2D eigenvalue weighted by Gasteiger charge is -1.99. The van der Waals surface area contributed by atoms with Gasteiger partial charge in [-0.25, -0.2) is 5.32 Å². The van der Waals surface area contributed by atoms with Crippen molar-refractivity contribution in [3.8, 4) is 0 Å². The van der Waals surface area contributed by atoms with Gasteiger partial charge in [-0.2, -0.15) is 0 Å². The second-order valence-electron chi connectivity index (χ2n) is 2.64. The predicted molar refractivity (Wildman–Crippen MR) is 47.6 cm³/mol. The van der Waals surface area contributed by atoms with Gasteiger partial charge in [-0.05, 0) is 17.5 Å². The number of hydrogen-bond donors (Lipinski definition) is 0. The van der Waals surface area contributed by atoms with Gasteiger partial charge in [0.05, 0.1) is 0 Å². The monoisotopic (exact) mass is 148 g/mol. The molecule has 0 atom stereocenters. The summed E-state index contributed by atoms with van der Waals surface area (Å²) < 4.78 is 0. The van der Waals surface area contributed by atoms with Gasteiger partial charge in [-0.1, -0.05) is 31.2 Å². The van der Waals surface area contributed by atoms with Crippen LogP contribution < -0.4 is 5.32 Å². The van der Waals surface area contributed by atoms with Crippen molar-refractivity contribution in [2.75, 3.05) is 7.05 Å². The van der Waals surface area contributed by atoms with Crippen LogP contribution in [0.3, 0.4) is 0 Å². The summed E-state index contributed by atoms with van der Waals surface area (Å²) in [6, 6.07) is 8.62. The summed E-state index contributed by atoms with van der Waals surface area (Å²) in [5, 5.41) is 4.06. The zero-order chi connectivity index (χ0) is 8.10. The summed E-state index contributed by atoms with van der Waals surface area (Å²) in [4.78, 5) is 0. The summed E-state index contributed by atoms with van der Waals surface area (Å²) in [6.07, 6.45) is 1.11. The molecule has 1 radical (unpaired) electrons. The molecule has 0 aromatic heterocycles. The van der Waals surface area contributed by atoms with Gasteiger partial charge in [-0.15, -0.1) is 0 Å². The summed E-state index contributed by atoms with van der Waals surface area (Å²) in [5.74, 6) is 0. The minimum absolute atomic E-state index is 0.837. The van der Waals surface area contributed by atoms with E-state index < -0.39 is 0 Å². The van der Waals surface area contributed by atoms with Crippen LogP contribution in [0.15, 0.2) is 24.3 Å². The summed E-state index contributed by atoms with van der Waals surface area (Å²) in [5.41, 5.74) is 2.69. The van der Waals surface area contributed by atoms with Crippen molar-refractivity contribution in [1.82, 2.24) is 5.32 Å². The number of nitrogens with zero attached hydrogens (tertiary/aromatic N) is 1. The number of rotatable bonds is 3. The predicted octanol–water partition coefficient (Wildman–Crippen LogP) is 1.98. The Morgan fingerprint density at radius 3 is 2.09 bits per heavy atom. The van der Waals surface area contributed by atoms with E-state index in [-0.39, 0.29) is 0 Å². The second kappa shape index (κ2) is 4.14. The van der Waals surface area contributed by atoms with Crippen LogP contribution in [0.5, 0.6) is 0 Å². The third-order valence-corrected chi connectivity index (χ3v) is 1.77. The fraction of sp³-hybridized carbons (Fsp3) is 0.400. The standard InChI is InChI=1S/C10H14N/c1-3-9-4-6-10(7-5-9)8-11-2/h4-7H,3,8H2,1-2H3. The molecule has 0 amide bonds. The average Bonchev–Trinajstić information content (AvgIpc) is 2.07. The van der Waals surface area contributed by atoms with Gasteiger partial charge in [0, 0.05) is 13.6 Å². The molecule has 1 aromatic carbocycles. The van der Waals surface area contributed by atoms with Crippen LogP contribution in [0.2, 0.25) is 0 Å². The normalized spacial score (nSPS) is 10.0. The van der Waals surface area contributed by atoms with E-state index in [2.05, 4.69) is 36.5 Å². The highest BCUT2D eigenvalue weighted by molar-refractivity contribution is 5.22. The van der Waals surface area contributed by atoms with Crippen LogP contribution in [-0.2, 0) is 13.0 Å². The molecule has 0 aliphatic heterocycles. The molecule has 0 aliphatic rings. The zero-order valence-corrected chi connectivity index (χ0v) is 7.17. The molecule has 1 nitrogen and oxygen atoms in total. The molecule has 0 heterocycles. The lowest BCUT2D eigenvalue weighted by atomic mass is 10.1. The molecule has 11 heavy (non-hydrogen) atoms. The van der Waals surface area contributed by atoms with Crippen molar-refractivity contribution in [2.24, 2.45) is 0 Å². The first-order chi connectivity index (χ1) is 5.36. The van der Waals surface area contributed by atoms with Crippen LogP contribution in [0.1, 0.15) is 18.1 Å². The van der Waals surface area contributed by atoms with E-state index in [9.17, 15) is 0 Å². The molecule has 0 bridgehead atoms. The maximum Gasteiger partial charge on any atom is 0.0381 e. The molecule has 0 unspecified atom stereocenters. The van der Waals surface area contributed by atoms with Crippen LogP contribution in [0.4, 0.5) is 0 Å². The van der Waals surface area contributed by atoms with Crippen molar-refractivity contribution in [1.29, 1.82) is 0 Å². The lowest BCUT2D eigenvalue weighted by molar-refractivity contribution is 0.799. The summed E-state index contributed by atoms with van der Waals surface area (Å²) in [6.45, 7) is 3.00. The van der Waals surface area contributed by atoms with E-state index in [1.165, 1.54) is 11.1 Å². The van der Waals surface area contributed by atoms with E-state index in [0.29, 0.717) is 0 Å². The van der Waals surface area contributed by atoms with Crippen molar-refractivity contribution in [3.63, 3.8) is 0 Å². The fourth-order valence-electron chi connectivity index (χ4n) is 1.06. The van der Waals surface area contributed by atoms with Gasteiger partial charge >= 0.3 is 0 Å². The average molecular weight is 148 g/mol. The fourth-order valence-corrected chi connectivity index (χ4v) is 1.06. The molecular weight excluding hydrogens is 134 g/mol. The molecule has 0 saturated heterocycles. The van der Waals surface area contributed by atoms with E-state index >= 15 is 0 Å². The number of benzene rings is 1. The molecule has 1 aromatic rings. The third kappa shape index (κ3) is 2.35. The zero-order valence-electron chi connectivity index (χ0n) is 7.17. The molecule has 0 spiro atoms. The molecular formula is C10H14N. The van der Waals surface area contributed by atoms with Crippen LogP contribution >= 0.6 is 0 Å². The quantitative estimate of drug-likeness (QED) is 0.622. The van der Waals surface area contributed by atoms with Gasteiger partial charge in [0.25, 0.3) is 0 Å². The van der Waals surface area contributed by atoms with E-state index in [1.54, 1.807) is 0 Å². The highest BCUT2D eigenvalue weighted by Crippen LogP contribution is 2.04. The Kier molecular flexibility index (Phi) is 3.12. The molecule has 1 rings (SSSR count). The first-order valence-corrected chi connectivity index (χ1v) is 4.00. The Morgan fingerprint density at radius 1 is 1.09 bits per heavy atom. The van der Waals surface area contributed by atoms with E-state index in [0.717, 1.165) is 13.0 Å². The topological polar surface area (TPSA) is 14.1 Å². The maximum atomic E-state index is 4.06. The third-order valence-electron chi connectivity index (χ3n) is 1.77. The SMILES string of the molecule is CCc1ccc(C[N]C)cc1. The maximum absolute atomic E-state index is 4.06. The first kappa shape index (κ1) is 8.28. The largest absolute Gasteiger partial charge is 0.240 e. The van der Waals surface area contributed by atoms with E-state index in [4.69, 9.17) is 0 Å². The van der Waals surface area contributed by atoms with Crippen molar-refractivity contribution >= 4 is 0 Å². The molecule has 0 saturated carbocycles. The summed E-state index contributed by atoms with van der Waals surface area (Å²) >= 11 is 0. The van der Waals surface area contributed by atoms with Crippen molar-refractivity contribution in [3.05, 3.63) is 35.4 Å². The molecule has 0 N–H and O–H groups in total. The van der Waals surface area contributed by atoms with Crippen LogP contribution in [0.25, 0.3) is 0 Å². The van der Waals surface area contributed by atoms with Gasteiger partial charge in [0.15, 0.2) is 0 Å². The van der Waals surface area contributed by atoms with Gasteiger partial charge in [0.2, 0.25) is 0 Å². The van der Waals surface area contributed by atoms with Gasteiger partial charge in [0.1, 0.15) is 0 Å². The number of hydrogen-bond acceptors (Lipinski definition) is 0. The highest BCUT2D eigenvalue weighted by atomic mass is 14.8. The molecule has 0 aliphatic carbocycles. The second-order valence-corrected chi connectivity index (χ2v) is 2.64. The van der Waals surface area contributed by atoms with Gasteiger partial charge < -0.3 is 0 Å². The van der Waals surface area contributed by atoms with Crippen LogP contribution in [-0.4, -0.2) is 7.05 Å². The number of aryl methyl sites for hydroxylation is 1. The van der Waals surface area contributed by atoms with Gasteiger partial charge in [-0.3, -0.25) is 0 Å². The van der Waals surface area contributed by atoms with E-state index in [1.807, 2.05) is 7.05 Å². The Bertz CT molecular complexity index is 201. The smallest absolute Gasteiger partial charge is 0.0381 e. The Labute approximate surface area is 68.4 Å². The molecule has 0 fully saturated rings. The lowest BCUT2D eigenvalue weighted by Crippen LogP contribution is -1.96. The first-order valence-electron chi connectivity index (χ1n) is 4.00.